The average molecular weight is 164 g/mol. The van der Waals surface area contributed by atoms with E-state index in [-0.39, 0.29) is 6.10 Å². The van der Waals surface area contributed by atoms with E-state index in [1.807, 2.05) is 6.07 Å². The van der Waals surface area contributed by atoms with Crippen molar-refractivity contribution in [2.24, 2.45) is 0 Å². The van der Waals surface area contributed by atoms with Crippen LogP contribution in [0.1, 0.15) is 22.0 Å². The fourth-order valence-electron chi connectivity index (χ4n) is 1.11. The maximum Gasteiger partial charge on any atom is 0.335 e. The van der Waals surface area contributed by atoms with Gasteiger partial charge in [0.05, 0.1) is 12.2 Å². The highest BCUT2D eigenvalue weighted by Crippen LogP contribution is 2.29. The highest BCUT2D eigenvalue weighted by molar-refractivity contribution is 5.87. The molecule has 0 unspecified atom stereocenters. The lowest BCUT2D eigenvalue weighted by molar-refractivity contribution is 0.0697. The molecule has 0 bridgehead atoms. The Kier molecular flexibility index (Phi) is 1.59. The number of hydrogen-bond donors (Lipinski definition) is 1. The van der Waals surface area contributed by atoms with Gasteiger partial charge < -0.3 is 9.84 Å². The Morgan fingerprint density at radius 2 is 2.33 bits per heavy atom. The first-order chi connectivity index (χ1) is 5.77. The highest BCUT2D eigenvalue weighted by Gasteiger charge is 2.25. The van der Waals surface area contributed by atoms with E-state index < -0.39 is 5.97 Å². The summed E-state index contributed by atoms with van der Waals surface area (Å²) in [4.78, 5) is 10.6. The molecule has 0 amide bonds. The maximum absolute atomic E-state index is 10.6. The second-order valence-corrected chi connectivity index (χ2v) is 2.75. The number of carboxylic acid groups (broad SMARTS) is 1. The molecule has 1 aromatic rings. The number of carbonyl (C=O) groups is 1. The summed E-state index contributed by atoms with van der Waals surface area (Å²) >= 11 is 0. The number of aromatic carboxylic acids is 1. The molecule has 3 nitrogen and oxygen atoms in total. The van der Waals surface area contributed by atoms with Gasteiger partial charge in [-0.2, -0.15) is 0 Å². The molecule has 3 heteroatoms. The van der Waals surface area contributed by atoms with Crippen LogP contribution in [0.5, 0.6) is 0 Å². The molecule has 62 valence electrons. The van der Waals surface area contributed by atoms with Crippen molar-refractivity contribution in [3.05, 3.63) is 35.4 Å². The maximum atomic E-state index is 10.6. The number of epoxide rings is 1. The third-order valence-corrected chi connectivity index (χ3v) is 1.84. The summed E-state index contributed by atoms with van der Waals surface area (Å²) in [6, 6.07) is 6.85. The predicted molar refractivity (Wildman–Crippen MR) is 42.1 cm³/mol. The fraction of sp³-hybridized carbons (Fsp3) is 0.222. The van der Waals surface area contributed by atoms with Crippen molar-refractivity contribution in [2.45, 2.75) is 6.10 Å². The molecule has 0 radical (unpaired) electrons. The van der Waals surface area contributed by atoms with Gasteiger partial charge >= 0.3 is 5.97 Å². The summed E-state index contributed by atoms with van der Waals surface area (Å²) < 4.78 is 5.04. The Bertz CT molecular complexity index is 315. The van der Waals surface area contributed by atoms with Crippen LogP contribution in [0.25, 0.3) is 0 Å². The number of carboxylic acids is 1. The predicted octanol–water partition coefficient (Wildman–Crippen LogP) is 1.46. The van der Waals surface area contributed by atoms with Gasteiger partial charge in [0, 0.05) is 0 Å². The van der Waals surface area contributed by atoms with E-state index in [2.05, 4.69) is 0 Å². The van der Waals surface area contributed by atoms with Crippen molar-refractivity contribution >= 4 is 5.97 Å². The van der Waals surface area contributed by atoms with Crippen LogP contribution in [0, 0.1) is 0 Å². The minimum absolute atomic E-state index is 0.129. The van der Waals surface area contributed by atoms with Gasteiger partial charge in [0.1, 0.15) is 6.10 Å². The van der Waals surface area contributed by atoms with Crippen molar-refractivity contribution < 1.29 is 14.6 Å². The zero-order chi connectivity index (χ0) is 8.55. The summed E-state index contributed by atoms with van der Waals surface area (Å²) in [5.41, 5.74) is 1.28. The number of rotatable bonds is 2. The van der Waals surface area contributed by atoms with Crippen molar-refractivity contribution in [3.8, 4) is 0 Å². The summed E-state index contributed by atoms with van der Waals surface area (Å²) in [5, 5.41) is 8.67. The van der Waals surface area contributed by atoms with Crippen LogP contribution in [0.15, 0.2) is 24.3 Å². The van der Waals surface area contributed by atoms with Crippen LogP contribution in [0.3, 0.4) is 0 Å². The van der Waals surface area contributed by atoms with E-state index in [9.17, 15) is 4.79 Å². The molecule has 0 aliphatic carbocycles. The minimum atomic E-state index is -0.891. The van der Waals surface area contributed by atoms with E-state index in [1.54, 1.807) is 18.2 Å². The molecular weight excluding hydrogens is 156 g/mol. The molecule has 1 aliphatic rings. The zero-order valence-electron chi connectivity index (χ0n) is 6.36. The normalized spacial score (nSPS) is 20.5. The van der Waals surface area contributed by atoms with Gasteiger partial charge in [-0.15, -0.1) is 0 Å². The van der Waals surface area contributed by atoms with Gasteiger partial charge in [0.15, 0.2) is 0 Å². The Balaban J connectivity index is 2.32. The van der Waals surface area contributed by atoms with Crippen molar-refractivity contribution in [1.82, 2.24) is 0 Å². The SMILES string of the molecule is O=C(O)c1cccc([C@@H]2CO2)c1. The Morgan fingerprint density at radius 3 is 2.92 bits per heavy atom. The lowest BCUT2D eigenvalue weighted by atomic mass is 10.1. The van der Waals surface area contributed by atoms with Gasteiger partial charge in [-0.25, -0.2) is 4.79 Å². The minimum Gasteiger partial charge on any atom is -0.478 e. The van der Waals surface area contributed by atoms with Gasteiger partial charge in [0.2, 0.25) is 0 Å². The quantitative estimate of drug-likeness (QED) is 0.673. The molecule has 0 spiro atoms. The molecule has 1 saturated heterocycles. The largest absolute Gasteiger partial charge is 0.478 e. The van der Waals surface area contributed by atoms with Crippen LogP contribution < -0.4 is 0 Å². The fourth-order valence-corrected chi connectivity index (χ4v) is 1.11. The average Bonchev–Trinajstić information content (AvgIpc) is 2.87. The van der Waals surface area contributed by atoms with Gasteiger partial charge in [-0.05, 0) is 17.7 Å². The topological polar surface area (TPSA) is 49.8 Å². The second-order valence-electron chi connectivity index (χ2n) is 2.75. The Morgan fingerprint density at radius 1 is 1.58 bits per heavy atom. The lowest BCUT2D eigenvalue weighted by Crippen LogP contribution is -1.96. The number of benzene rings is 1. The van der Waals surface area contributed by atoms with Gasteiger partial charge in [-0.1, -0.05) is 12.1 Å². The second kappa shape index (κ2) is 2.60. The first-order valence-corrected chi connectivity index (χ1v) is 3.72. The van der Waals surface area contributed by atoms with Crippen molar-refractivity contribution in [2.75, 3.05) is 6.61 Å². The molecule has 1 aliphatic heterocycles. The molecule has 1 heterocycles. The number of ether oxygens (including phenoxy) is 1. The van der Waals surface area contributed by atoms with E-state index in [0.29, 0.717) is 12.2 Å². The molecule has 0 aromatic heterocycles. The summed E-state index contributed by atoms with van der Waals surface area (Å²) in [6.45, 7) is 0.711. The molecule has 2 rings (SSSR count). The molecular formula is C9H8O3. The molecule has 12 heavy (non-hydrogen) atoms. The van der Waals surface area contributed by atoms with Crippen LogP contribution >= 0.6 is 0 Å². The van der Waals surface area contributed by atoms with Crippen molar-refractivity contribution in [1.29, 1.82) is 0 Å². The first-order valence-electron chi connectivity index (χ1n) is 3.72. The summed E-state index contributed by atoms with van der Waals surface area (Å²) in [7, 11) is 0. The smallest absolute Gasteiger partial charge is 0.335 e. The lowest BCUT2D eigenvalue weighted by Gasteiger charge is -1.96. The van der Waals surface area contributed by atoms with Gasteiger partial charge in [-0.3, -0.25) is 0 Å². The Hall–Kier alpha value is -1.35. The monoisotopic (exact) mass is 164 g/mol. The van der Waals surface area contributed by atoms with E-state index in [1.165, 1.54) is 0 Å². The first kappa shape index (κ1) is 7.31. The van der Waals surface area contributed by atoms with E-state index in [4.69, 9.17) is 9.84 Å². The standard InChI is InChI=1S/C9H8O3/c10-9(11)7-3-1-2-6(4-7)8-5-12-8/h1-4,8H,5H2,(H,10,11)/t8-/m0/s1. The molecule has 1 aromatic carbocycles. The zero-order valence-corrected chi connectivity index (χ0v) is 6.36. The van der Waals surface area contributed by atoms with Crippen LogP contribution in [0.2, 0.25) is 0 Å². The Labute approximate surface area is 69.6 Å². The van der Waals surface area contributed by atoms with Crippen molar-refractivity contribution in [3.63, 3.8) is 0 Å². The highest BCUT2D eigenvalue weighted by atomic mass is 16.6. The number of hydrogen-bond acceptors (Lipinski definition) is 2. The van der Waals surface area contributed by atoms with Crippen LogP contribution in [-0.4, -0.2) is 17.7 Å². The summed E-state index contributed by atoms with van der Waals surface area (Å²) in [6.07, 6.45) is 0.129. The van der Waals surface area contributed by atoms with Crippen LogP contribution in [-0.2, 0) is 4.74 Å². The molecule has 0 saturated carbocycles. The molecule has 1 N–H and O–H groups in total. The third-order valence-electron chi connectivity index (χ3n) is 1.84. The molecule has 1 atom stereocenters. The third kappa shape index (κ3) is 1.31. The van der Waals surface area contributed by atoms with Crippen LogP contribution in [0.4, 0.5) is 0 Å². The summed E-state index contributed by atoms with van der Waals surface area (Å²) in [5.74, 6) is -0.891. The van der Waals surface area contributed by atoms with Gasteiger partial charge in [0.25, 0.3) is 0 Å². The van der Waals surface area contributed by atoms with E-state index >= 15 is 0 Å². The molecule has 1 fully saturated rings. The van der Waals surface area contributed by atoms with E-state index in [0.717, 1.165) is 5.56 Å².